The van der Waals surface area contributed by atoms with E-state index in [9.17, 15) is 9.59 Å². The van der Waals surface area contributed by atoms with Gasteiger partial charge in [-0.15, -0.1) is 0 Å². The Balaban J connectivity index is 1.98. The van der Waals surface area contributed by atoms with E-state index in [2.05, 4.69) is 5.32 Å². The molecule has 0 bridgehead atoms. The summed E-state index contributed by atoms with van der Waals surface area (Å²) < 4.78 is 0. The number of hydrogen-bond donors (Lipinski definition) is 1. The zero-order valence-electron chi connectivity index (χ0n) is 11.0. The first kappa shape index (κ1) is 14.3. The number of aryl methyl sites for hydroxylation is 1. The smallest absolute Gasteiger partial charge is 0.251 e. The highest BCUT2D eigenvalue weighted by Gasteiger charge is 2.10. The van der Waals surface area contributed by atoms with Crippen LogP contribution < -0.4 is 5.32 Å². The molecular formula is C16H14ClNO2. The molecule has 0 unspecified atom stereocenters. The van der Waals surface area contributed by atoms with Gasteiger partial charge in [0.15, 0.2) is 5.78 Å². The van der Waals surface area contributed by atoms with Gasteiger partial charge in [-0.3, -0.25) is 9.59 Å². The number of Topliss-reactive ketones (excluding diaryl/α,β-unsaturated/α-hetero) is 1. The van der Waals surface area contributed by atoms with Crippen molar-refractivity contribution < 1.29 is 9.59 Å². The van der Waals surface area contributed by atoms with E-state index in [0.717, 1.165) is 5.56 Å². The Bertz CT molecular complexity index is 638. The van der Waals surface area contributed by atoms with Gasteiger partial charge in [0, 0.05) is 16.1 Å². The molecule has 20 heavy (non-hydrogen) atoms. The van der Waals surface area contributed by atoms with E-state index in [0.29, 0.717) is 16.1 Å². The molecule has 1 amide bonds. The number of ketones is 1. The Morgan fingerprint density at radius 1 is 1.05 bits per heavy atom. The van der Waals surface area contributed by atoms with Crippen molar-refractivity contribution in [2.45, 2.75) is 6.92 Å². The normalized spacial score (nSPS) is 10.1. The maximum atomic E-state index is 11.9. The average molecular weight is 288 g/mol. The van der Waals surface area contributed by atoms with Crippen LogP contribution in [0.25, 0.3) is 0 Å². The summed E-state index contributed by atoms with van der Waals surface area (Å²) in [5.74, 6) is -0.404. The molecule has 0 heterocycles. The molecule has 3 nitrogen and oxygen atoms in total. The molecule has 0 aliphatic rings. The van der Waals surface area contributed by atoms with Crippen LogP contribution in [-0.2, 0) is 0 Å². The van der Waals surface area contributed by atoms with Crippen LogP contribution in [0.1, 0.15) is 26.3 Å². The van der Waals surface area contributed by atoms with E-state index < -0.39 is 0 Å². The first-order valence-corrected chi connectivity index (χ1v) is 6.58. The molecule has 4 heteroatoms. The van der Waals surface area contributed by atoms with Crippen LogP contribution in [0.3, 0.4) is 0 Å². The number of hydrogen-bond acceptors (Lipinski definition) is 2. The molecule has 0 saturated heterocycles. The highest BCUT2D eigenvalue weighted by atomic mass is 35.5. The molecule has 0 spiro atoms. The Morgan fingerprint density at radius 2 is 1.75 bits per heavy atom. The lowest BCUT2D eigenvalue weighted by molar-refractivity contribution is 0.0904. The molecule has 2 aromatic carbocycles. The van der Waals surface area contributed by atoms with Crippen molar-refractivity contribution in [2.24, 2.45) is 0 Å². The van der Waals surface area contributed by atoms with Crippen LogP contribution in [0.5, 0.6) is 0 Å². The van der Waals surface area contributed by atoms with Gasteiger partial charge in [-0.1, -0.05) is 41.9 Å². The van der Waals surface area contributed by atoms with Gasteiger partial charge < -0.3 is 5.32 Å². The molecule has 0 radical (unpaired) electrons. The van der Waals surface area contributed by atoms with E-state index in [1.165, 1.54) is 0 Å². The first-order valence-electron chi connectivity index (χ1n) is 6.20. The van der Waals surface area contributed by atoms with Crippen LogP contribution in [0, 0.1) is 6.92 Å². The fourth-order valence-electron chi connectivity index (χ4n) is 1.77. The van der Waals surface area contributed by atoms with Gasteiger partial charge in [0.25, 0.3) is 5.91 Å². The minimum absolute atomic E-state index is 0.0233. The summed E-state index contributed by atoms with van der Waals surface area (Å²) in [6.45, 7) is 1.80. The van der Waals surface area contributed by atoms with Crippen LogP contribution in [0.2, 0.25) is 5.02 Å². The molecule has 0 aliphatic heterocycles. The SMILES string of the molecule is Cc1cc(C(=O)NCC(=O)c2ccccc2)ccc1Cl. The van der Waals surface area contributed by atoms with Crippen LogP contribution >= 0.6 is 11.6 Å². The predicted molar refractivity (Wildman–Crippen MR) is 79.3 cm³/mol. The van der Waals surface area contributed by atoms with Gasteiger partial charge >= 0.3 is 0 Å². The summed E-state index contributed by atoms with van der Waals surface area (Å²) in [6, 6.07) is 13.9. The summed E-state index contributed by atoms with van der Waals surface area (Å²) in [4.78, 5) is 23.8. The maximum Gasteiger partial charge on any atom is 0.251 e. The van der Waals surface area contributed by atoms with E-state index in [4.69, 9.17) is 11.6 Å². The fourth-order valence-corrected chi connectivity index (χ4v) is 1.89. The van der Waals surface area contributed by atoms with Crippen molar-refractivity contribution in [3.05, 3.63) is 70.2 Å². The molecule has 102 valence electrons. The van der Waals surface area contributed by atoms with Crippen molar-refractivity contribution >= 4 is 23.3 Å². The summed E-state index contributed by atoms with van der Waals surface area (Å²) in [5.41, 5.74) is 1.90. The lowest BCUT2D eigenvalue weighted by atomic mass is 10.1. The first-order chi connectivity index (χ1) is 9.58. The monoisotopic (exact) mass is 287 g/mol. The number of amides is 1. The highest BCUT2D eigenvalue weighted by molar-refractivity contribution is 6.31. The lowest BCUT2D eigenvalue weighted by Crippen LogP contribution is -2.29. The molecule has 1 N–H and O–H groups in total. The molecule has 0 saturated carbocycles. The van der Waals surface area contributed by atoms with Crippen LogP contribution in [-0.4, -0.2) is 18.2 Å². The average Bonchev–Trinajstić information content (AvgIpc) is 2.48. The standard InChI is InChI=1S/C16H14ClNO2/c1-11-9-13(7-8-14(11)17)16(20)18-10-15(19)12-5-3-2-4-6-12/h2-9H,10H2,1H3,(H,18,20). The van der Waals surface area contributed by atoms with Gasteiger partial charge in [0.2, 0.25) is 0 Å². The van der Waals surface area contributed by atoms with Crippen molar-refractivity contribution in [1.82, 2.24) is 5.32 Å². The molecule has 2 rings (SSSR count). The zero-order valence-corrected chi connectivity index (χ0v) is 11.8. The van der Waals surface area contributed by atoms with E-state index in [-0.39, 0.29) is 18.2 Å². The van der Waals surface area contributed by atoms with Crippen molar-refractivity contribution in [3.63, 3.8) is 0 Å². The minimum Gasteiger partial charge on any atom is -0.345 e. The Hall–Kier alpha value is -2.13. The van der Waals surface area contributed by atoms with E-state index in [1.807, 2.05) is 13.0 Å². The summed E-state index contributed by atoms with van der Waals surface area (Å²) >= 11 is 5.91. The van der Waals surface area contributed by atoms with Gasteiger partial charge in [-0.25, -0.2) is 0 Å². The third-order valence-corrected chi connectivity index (χ3v) is 3.35. The zero-order chi connectivity index (χ0) is 14.5. The maximum absolute atomic E-state index is 11.9. The number of carbonyl (C=O) groups excluding carboxylic acids is 2. The van der Waals surface area contributed by atoms with Gasteiger partial charge in [-0.05, 0) is 30.7 Å². The molecule has 0 fully saturated rings. The highest BCUT2D eigenvalue weighted by Crippen LogP contribution is 2.16. The van der Waals surface area contributed by atoms with E-state index >= 15 is 0 Å². The minimum atomic E-state index is -0.283. The van der Waals surface area contributed by atoms with Gasteiger partial charge in [-0.2, -0.15) is 0 Å². The van der Waals surface area contributed by atoms with Crippen LogP contribution in [0.15, 0.2) is 48.5 Å². The molecule has 0 atom stereocenters. The predicted octanol–water partition coefficient (Wildman–Crippen LogP) is 3.26. The second kappa shape index (κ2) is 6.35. The Labute approximate surface area is 122 Å². The summed E-state index contributed by atoms with van der Waals surface area (Å²) in [5, 5.41) is 3.23. The number of nitrogens with one attached hydrogen (secondary N) is 1. The summed E-state index contributed by atoms with van der Waals surface area (Å²) in [7, 11) is 0. The molecule has 0 aromatic heterocycles. The third kappa shape index (κ3) is 3.45. The molecular weight excluding hydrogens is 274 g/mol. The van der Waals surface area contributed by atoms with Crippen molar-refractivity contribution in [1.29, 1.82) is 0 Å². The second-order valence-corrected chi connectivity index (χ2v) is 4.84. The fraction of sp³-hybridized carbons (Fsp3) is 0.125. The quantitative estimate of drug-likeness (QED) is 0.877. The van der Waals surface area contributed by atoms with Crippen LogP contribution in [0.4, 0.5) is 0 Å². The van der Waals surface area contributed by atoms with Gasteiger partial charge in [0.1, 0.15) is 0 Å². The third-order valence-electron chi connectivity index (χ3n) is 2.93. The number of halogens is 1. The Kier molecular flexibility index (Phi) is 4.53. The Morgan fingerprint density at radius 3 is 2.40 bits per heavy atom. The van der Waals surface area contributed by atoms with E-state index in [1.54, 1.807) is 42.5 Å². The largest absolute Gasteiger partial charge is 0.345 e. The lowest BCUT2D eigenvalue weighted by Gasteiger charge is -2.06. The number of rotatable bonds is 4. The van der Waals surface area contributed by atoms with Gasteiger partial charge in [0.05, 0.1) is 6.54 Å². The van der Waals surface area contributed by atoms with Crippen molar-refractivity contribution in [3.8, 4) is 0 Å². The topological polar surface area (TPSA) is 46.2 Å². The second-order valence-electron chi connectivity index (χ2n) is 4.44. The number of carbonyl (C=O) groups is 2. The molecule has 0 aliphatic carbocycles. The molecule has 2 aromatic rings. The van der Waals surface area contributed by atoms with Crippen molar-refractivity contribution in [2.75, 3.05) is 6.54 Å². The summed E-state index contributed by atoms with van der Waals surface area (Å²) in [6.07, 6.45) is 0. The number of benzene rings is 2.